The maximum Gasteiger partial charge on any atom is 0.253 e. The summed E-state index contributed by atoms with van der Waals surface area (Å²) in [5.41, 5.74) is 1.76. The summed E-state index contributed by atoms with van der Waals surface area (Å²) in [6, 6.07) is 11.7. The molecule has 0 aliphatic carbocycles. The van der Waals surface area contributed by atoms with Crippen LogP contribution >= 0.6 is 11.3 Å². The van der Waals surface area contributed by atoms with Crippen LogP contribution in [0, 0.1) is 0 Å². The fourth-order valence-corrected chi connectivity index (χ4v) is 2.62. The number of rotatable bonds is 5. The van der Waals surface area contributed by atoms with Crippen molar-refractivity contribution >= 4 is 22.9 Å². The minimum absolute atomic E-state index is 0.0523. The molecule has 2 aromatic rings. The zero-order chi connectivity index (χ0) is 13.7. The first-order valence-corrected chi connectivity index (χ1v) is 7.20. The molecule has 4 heteroatoms. The molecule has 1 amide bonds. The smallest absolute Gasteiger partial charge is 0.253 e. The van der Waals surface area contributed by atoms with Crippen LogP contribution in [0.5, 0.6) is 0 Å². The Balaban J connectivity index is 2.02. The number of hydrogen-bond acceptors (Lipinski definition) is 3. The quantitative estimate of drug-likeness (QED) is 0.905. The molecule has 0 atom stereocenters. The highest BCUT2D eigenvalue weighted by molar-refractivity contribution is 7.09. The molecule has 100 valence electrons. The molecule has 0 aliphatic heterocycles. The lowest BCUT2D eigenvalue weighted by Crippen LogP contribution is -2.25. The molecule has 1 aromatic carbocycles. The maximum atomic E-state index is 12.3. The highest BCUT2D eigenvalue weighted by Gasteiger charge is 2.12. The number of thiophene rings is 1. The first-order chi connectivity index (χ1) is 9.20. The number of carbonyl (C=O) groups is 1. The molecule has 0 fully saturated rings. The van der Waals surface area contributed by atoms with Crippen molar-refractivity contribution in [3.8, 4) is 0 Å². The predicted octanol–water partition coefficient (Wildman–Crippen LogP) is 3.45. The first kappa shape index (κ1) is 13.6. The molecule has 2 rings (SSSR count). The molecule has 0 bridgehead atoms. The molecule has 1 heterocycles. The molecular formula is C15H18N2OS. The van der Waals surface area contributed by atoms with Crippen LogP contribution in [0.25, 0.3) is 0 Å². The van der Waals surface area contributed by atoms with Crippen molar-refractivity contribution in [1.82, 2.24) is 4.90 Å². The average Bonchev–Trinajstić information content (AvgIpc) is 2.92. The van der Waals surface area contributed by atoms with E-state index < -0.39 is 0 Å². The Morgan fingerprint density at radius 2 is 2.00 bits per heavy atom. The number of carbonyl (C=O) groups excluding carboxylic acids is 1. The van der Waals surface area contributed by atoms with Gasteiger partial charge in [-0.05, 0) is 42.6 Å². The Bertz CT molecular complexity index is 520. The van der Waals surface area contributed by atoms with Gasteiger partial charge in [0.2, 0.25) is 0 Å². The summed E-state index contributed by atoms with van der Waals surface area (Å²) in [6.07, 6.45) is 0. The van der Waals surface area contributed by atoms with Gasteiger partial charge in [0.1, 0.15) is 0 Å². The molecule has 0 saturated carbocycles. The van der Waals surface area contributed by atoms with Crippen molar-refractivity contribution < 1.29 is 4.79 Å². The van der Waals surface area contributed by atoms with E-state index in [0.29, 0.717) is 6.54 Å². The van der Waals surface area contributed by atoms with Crippen LogP contribution in [0.2, 0.25) is 0 Å². The topological polar surface area (TPSA) is 32.3 Å². The summed E-state index contributed by atoms with van der Waals surface area (Å²) in [6.45, 7) is 3.59. The van der Waals surface area contributed by atoms with E-state index >= 15 is 0 Å². The van der Waals surface area contributed by atoms with Crippen LogP contribution in [0.3, 0.4) is 0 Å². The maximum absolute atomic E-state index is 12.3. The van der Waals surface area contributed by atoms with Gasteiger partial charge in [-0.15, -0.1) is 11.3 Å². The Labute approximate surface area is 117 Å². The fourth-order valence-electron chi connectivity index (χ4n) is 1.86. The van der Waals surface area contributed by atoms with E-state index in [1.165, 1.54) is 4.88 Å². The van der Waals surface area contributed by atoms with Gasteiger partial charge in [0, 0.05) is 29.7 Å². The molecule has 19 heavy (non-hydrogen) atoms. The third-order valence-corrected chi connectivity index (χ3v) is 3.69. The highest BCUT2D eigenvalue weighted by atomic mass is 32.1. The Hall–Kier alpha value is -1.81. The second kappa shape index (κ2) is 6.38. The van der Waals surface area contributed by atoms with Crippen molar-refractivity contribution in [2.75, 3.05) is 18.9 Å². The average molecular weight is 274 g/mol. The number of benzene rings is 1. The third kappa shape index (κ3) is 3.58. The van der Waals surface area contributed by atoms with Crippen molar-refractivity contribution in [1.29, 1.82) is 0 Å². The lowest BCUT2D eigenvalue weighted by Gasteiger charge is -2.16. The summed E-state index contributed by atoms with van der Waals surface area (Å²) in [5.74, 6) is 0.0523. The zero-order valence-electron chi connectivity index (χ0n) is 11.2. The van der Waals surface area contributed by atoms with Crippen molar-refractivity contribution in [2.24, 2.45) is 0 Å². The second-order valence-electron chi connectivity index (χ2n) is 4.35. The lowest BCUT2D eigenvalue weighted by atomic mass is 10.2. The van der Waals surface area contributed by atoms with Gasteiger partial charge in [-0.2, -0.15) is 0 Å². The van der Waals surface area contributed by atoms with Gasteiger partial charge in [0.05, 0.1) is 6.54 Å². The molecule has 0 unspecified atom stereocenters. The fraction of sp³-hybridized carbons (Fsp3) is 0.267. The zero-order valence-corrected chi connectivity index (χ0v) is 12.0. The largest absolute Gasteiger partial charge is 0.385 e. The molecule has 3 nitrogen and oxygen atoms in total. The minimum atomic E-state index is 0.0523. The van der Waals surface area contributed by atoms with Crippen LogP contribution in [-0.2, 0) is 6.54 Å². The van der Waals surface area contributed by atoms with Crippen LogP contribution < -0.4 is 5.32 Å². The summed E-state index contributed by atoms with van der Waals surface area (Å²) in [5, 5.41) is 5.24. The number of anilines is 1. The van der Waals surface area contributed by atoms with E-state index in [4.69, 9.17) is 0 Å². The van der Waals surface area contributed by atoms with Gasteiger partial charge < -0.3 is 10.2 Å². The Kier molecular flexibility index (Phi) is 4.58. The van der Waals surface area contributed by atoms with Crippen LogP contribution in [0.1, 0.15) is 22.2 Å². The molecule has 1 aromatic heterocycles. The number of amides is 1. The molecule has 0 radical (unpaired) electrons. The van der Waals surface area contributed by atoms with Gasteiger partial charge in [0.15, 0.2) is 0 Å². The standard InChI is InChI=1S/C15H18N2OS/c1-3-16-13-8-6-12(7-9-13)15(18)17(2)11-14-5-4-10-19-14/h4-10,16H,3,11H2,1-2H3. The van der Waals surface area contributed by atoms with E-state index in [1.54, 1.807) is 16.2 Å². The van der Waals surface area contributed by atoms with Crippen LogP contribution in [-0.4, -0.2) is 24.4 Å². The molecule has 1 N–H and O–H groups in total. The first-order valence-electron chi connectivity index (χ1n) is 6.32. The monoisotopic (exact) mass is 274 g/mol. The van der Waals surface area contributed by atoms with E-state index in [9.17, 15) is 4.79 Å². The third-order valence-electron chi connectivity index (χ3n) is 2.83. The van der Waals surface area contributed by atoms with E-state index in [1.807, 2.05) is 55.7 Å². The predicted molar refractivity (Wildman–Crippen MR) is 80.7 cm³/mol. The van der Waals surface area contributed by atoms with Gasteiger partial charge in [-0.25, -0.2) is 0 Å². The number of nitrogens with one attached hydrogen (secondary N) is 1. The number of hydrogen-bond donors (Lipinski definition) is 1. The normalized spacial score (nSPS) is 10.2. The van der Waals surface area contributed by atoms with Gasteiger partial charge >= 0.3 is 0 Å². The van der Waals surface area contributed by atoms with Crippen molar-refractivity contribution in [2.45, 2.75) is 13.5 Å². The summed E-state index contributed by atoms with van der Waals surface area (Å²) in [4.78, 5) is 15.2. The minimum Gasteiger partial charge on any atom is -0.385 e. The number of nitrogens with zero attached hydrogens (tertiary/aromatic N) is 1. The van der Waals surface area contributed by atoms with E-state index in [2.05, 4.69) is 5.32 Å². The summed E-state index contributed by atoms with van der Waals surface area (Å²) in [7, 11) is 1.83. The van der Waals surface area contributed by atoms with Gasteiger partial charge in [0.25, 0.3) is 5.91 Å². The second-order valence-corrected chi connectivity index (χ2v) is 5.38. The van der Waals surface area contributed by atoms with E-state index in [0.717, 1.165) is 17.8 Å². The highest BCUT2D eigenvalue weighted by Crippen LogP contribution is 2.14. The van der Waals surface area contributed by atoms with Gasteiger partial charge in [-0.1, -0.05) is 6.07 Å². The molecule has 0 aliphatic rings. The summed E-state index contributed by atoms with van der Waals surface area (Å²) >= 11 is 1.67. The SMILES string of the molecule is CCNc1ccc(C(=O)N(C)Cc2cccs2)cc1. The molecule has 0 spiro atoms. The van der Waals surface area contributed by atoms with E-state index in [-0.39, 0.29) is 5.91 Å². The summed E-state index contributed by atoms with van der Waals surface area (Å²) < 4.78 is 0. The van der Waals surface area contributed by atoms with Crippen molar-refractivity contribution in [3.05, 3.63) is 52.2 Å². The van der Waals surface area contributed by atoms with Crippen LogP contribution in [0.4, 0.5) is 5.69 Å². The molecular weight excluding hydrogens is 256 g/mol. The lowest BCUT2D eigenvalue weighted by molar-refractivity contribution is 0.0786. The Morgan fingerprint density at radius 1 is 1.26 bits per heavy atom. The van der Waals surface area contributed by atoms with Crippen LogP contribution in [0.15, 0.2) is 41.8 Å². The Morgan fingerprint density at radius 3 is 2.58 bits per heavy atom. The van der Waals surface area contributed by atoms with Gasteiger partial charge in [-0.3, -0.25) is 4.79 Å². The van der Waals surface area contributed by atoms with Crippen molar-refractivity contribution in [3.63, 3.8) is 0 Å². The molecule has 0 saturated heterocycles.